The predicted molar refractivity (Wildman–Crippen MR) is 84.7 cm³/mol. The van der Waals surface area contributed by atoms with Crippen molar-refractivity contribution in [3.63, 3.8) is 0 Å². The summed E-state index contributed by atoms with van der Waals surface area (Å²) >= 11 is 0. The molecule has 0 aromatic carbocycles. The van der Waals surface area contributed by atoms with E-state index in [4.69, 9.17) is 0 Å². The maximum Gasteiger partial charge on any atom is 0.0629 e. The summed E-state index contributed by atoms with van der Waals surface area (Å²) in [5.74, 6) is 1.82. The molecule has 3 unspecified atom stereocenters. The Morgan fingerprint density at radius 1 is 1.10 bits per heavy atom. The van der Waals surface area contributed by atoms with E-state index in [1.54, 1.807) is 0 Å². The van der Waals surface area contributed by atoms with E-state index in [0.29, 0.717) is 17.6 Å². The smallest absolute Gasteiger partial charge is 0.0629 e. The molecule has 0 bridgehead atoms. The lowest BCUT2D eigenvalue weighted by molar-refractivity contribution is 0.0728. The van der Waals surface area contributed by atoms with Crippen molar-refractivity contribution in [3.8, 4) is 0 Å². The molecule has 20 heavy (non-hydrogen) atoms. The normalized spacial score (nSPS) is 37.0. The van der Waals surface area contributed by atoms with Gasteiger partial charge >= 0.3 is 0 Å². The molecule has 0 aromatic rings. The fourth-order valence-corrected chi connectivity index (χ4v) is 4.42. The summed E-state index contributed by atoms with van der Waals surface area (Å²) in [6.45, 7) is 12.3. The summed E-state index contributed by atoms with van der Waals surface area (Å²) in [7, 11) is 0. The molecule has 0 saturated carbocycles. The summed E-state index contributed by atoms with van der Waals surface area (Å²) < 4.78 is 0. The standard InChI is InChI=1S/C17H33N3/c1-17(2,3)15-11-14-5-4-10-20(16(14)19-15)12-13-6-8-18-9-7-13/h13-16,18-19H,4-12H2,1-3H3. The van der Waals surface area contributed by atoms with Crippen molar-refractivity contribution in [2.24, 2.45) is 17.3 Å². The van der Waals surface area contributed by atoms with Gasteiger partial charge in [0.05, 0.1) is 6.17 Å². The van der Waals surface area contributed by atoms with E-state index < -0.39 is 0 Å². The van der Waals surface area contributed by atoms with Crippen LogP contribution in [0.5, 0.6) is 0 Å². The number of rotatable bonds is 2. The molecular weight excluding hydrogens is 246 g/mol. The number of hydrogen-bond acceptors (Lipinski definition) is 3. The lowest BCUT2D eigenvalue weighted by Crippen LogP contribution is -2.53. The van der Waals surface area contributed by atoms with Gasteiger partial charge in [-0.2, -0.15) is 0 Å². The first kappa shape index (κ1) is 14.8. The molecule has 3 nitrogen and oxygen atoms in total. The second-order valence-corrected chi connectivity index (χ2v) is 8.36. The van der Waals surface area contributed by atoms with Gasteiger partial charge in [-0.05, 0) is 69.0 Å². The van der Waals surface area contributed by atoms with Gasteiger partial charge < -0.3 is 5.32 Å². The van der Waals surface area contributed by atoms with Gasteiger partial charge in [0.15, 0.2) is 0 Å². The molecule has 3 rings (SSSR count). The zero-order chi connectivity index (χ0) is 14.2. The monoisotopic (exact) mass is 279 g/mol. The minimum atomic E-state index is 0.401. The lowest BCUT2D eigenvalue weighted by atomic mass is 9.82. The average Bonchev–Trinajstić information content (AvgIpc) is 2.85. The summed E-state index contributed by atoms with van der Waals surface area (Å²) in [6.07, 6.45) is 7.64. The number of piperidine rings is 2. The third kappa shape index (κ3) is 3.20. The highest BCUT2D eigenvalue weighted by atomic mass is 15.3. The molecule has 0 aliphatic carbocycles. The predicted octanol–water partition coefficient (Wildman–Crippen LogP) is 2.43. The number of nitrogens with one attached hydrogen (secondary N) is 2. The number of fused-ring (bicyclic) bond motifs is 1. The van der Waals surface area contributed by atoms with Crippen molar-refractivity contribution in [2.45, 2.75) is 65.1 Å². The highest BCUT2D eigenvalue weighted by Crippen LogP contribution is 2.38. The Balaban J connectivity index is 1.61. The van der Waals surface area contributed by atoms with Crippen LogP contribution in [0, 0.1) is 17.3 Å². The van der Waals surface area contributed by atoms with E-state index in [1.165, 1.54) is 58.3 Å². The van der Waals surface area contributed by atoms with E-state index in [0.717, 1.165) is 11.8 Å². The van der Waals surface area contributed by atoms with Crippen LogP contribution in [0.3, 0.4) is 0 Å². The van der Waals surface area contributed by atoms with Crippen LogP contribution in [0.2, 0.25) is 0 Å². The summed E-state index contributed by atoms with van der Waals surface area (Å²) in [5, 5.41) is 7.47. The summed E-state index contributed by atoms with van der Waals surface area (Å²) in [4.78, 5) is 2.79. The van der Waals surface area contributed by atoms with Gasteiger partial charge in [0.1, 0.15) is 0 Å². The fraction of sp³-hybridized carbons (Fsp3) is 1.00. The Hall–Kier alpha value is -0.120. The molecule has 3 saturated heterocycles. The lowest BCUT2D eigenvalue weighted by Gasteiger charge is -2.40. The first-order chi connectivity index (χ1) is 9.54. The third-order valence-corrected chi connectivity index (χ3v) is 5.77. The molecule has 2 N–H and O–H groups in total. The highest BCUT2D eigenvalue weighted by molar-refractivity contribution is 4.98. The first-order valence-electron chi connectivity index (χ1n) is 8.75. The van der Waals surface area contributed by atoms with Crippen molar-refractivity contribution < 1.29 is 0 Å². The summed E-state index contributed by atoms with van der Waals surface area (Å²) in [5.41, 5.74) is 0.401. The van der Waals surface area contributed by atoms with Crippen LogP contribution < -0.4 is 10.6 Å². The second kappa shape index (κ2) is 5.94. The molecule has 116 valence electrons. The van der Waals surface area contributed by atoms with E-state index in [2.05, 4.69) is 36.3 Å². The van der Waals surface area contributed by atoms with Crippen molar-refractivity contribution in [1.82, 2.24) is 15.5 Å². The highest BCUT2D eigenvalue weighted by Gasteiger charge is 2.43. The van der Waals surface area contributed by atoms with Crippen LogP contribution in [0.1, 0.15) is 52.9 Å². The number of nitrogens with zero attached hydrogens (tertiary/aromatic N) is 1. The van der Waals surface area contributed by atoms with Gasteiger partial charge in [0.2, 0.25) is 0 Å². The zero-order valence-corrected chi connectivity index (χ0v) is 13.6. The SMILES string of the molecule is CC(C)(C)C1CC2CCCN(CC3CCNCC3)C2N1. The van der Waals surface area contributed by atoms with Gasteiger partial charge in [0.25, 0.3) is 0 Å². The molecule has 0 spiro atoms. The van der Waals surface area contributed by atoms with Crippen LogP contribution >= 0.6 is 0 Å². The maximum absolute atomic E-state index is 3.98. The molecule has 0 radical (unpaired) electrons. The van der Waals surface area contributed by atoms with E-state index in [1.807, 2.05) is 0 Å². The molecular formula is C17H33N3. The first-order valence-corrected chi connectivity index (χ1v) is 8.75. The molecule has 3 heteroatoms. The van der Waals surface area contributed by atoms with Gasteiger partial charge in [-0.15, -0.1) is 0 Å². The van der Waals surface area contributed by atoms with Crippen LogP contribution in [0.15, 0.2) is 0 Å². The van der Waals surface area contributed by atoms with E-state index in [9.17, 15) is 0 Å². The Morgan fingerprint density at radius 2 is 1.85 bits per heavy atom. The van der Waals surface area contributed by atoms with Gasteiger partial charge in [-0.1, -0.05) is 20.8 Å². The van der Waals surface area contributed by atoms with Crippen molar-refractivity contribution in [2.75, 3.05) is 26.2 Å². The van der Waals surface area contributed by atoms with Gasteiger partial charge in [0, 0.05) is 12.6 Å². The Kier molecular flexibility index (Phi) is 4.40. The Labute approximate surface area is 124 Å². The summed E-state index contributed by atoms with van der Waals surface area (Å²) in [6, 6.07) is 0.700. The van der Waals surface area contributed by atoms with Crippen LogP contribution in [0.25, 0.3) is 0 Å². The Morgan fingerprint density at radius 3 is 2.55 bits per heavy atom. The quantitative estimate of drug-likeness (QED) is 0.813. The zero-order valence-electron chi connectivity index (χ0n) is 13.6. The average molecular weight is 279 g/mol. The van der Waals surface area contributed by atoms with E-state index >= 15 is 0 Å². The van der Waals surface area contributed by atoms with Crippen LogP contribution in [0.4, 0.5) is 0 Å². The van der Waals surface area contributed by atoms with Crippen molar-refractivity contribution in [1.29, 1.82) is 0 Å². The molecule has 3 heterocycles. The minimum Gasteiger partial charge on any atom is -0.317 e. The molecule has 3 aliphatic rings. The van der Waals surface area contributed by atoms with Crippen LogP contribution in [-0.4, -0.2) is 43.3 Å². The molecule has 0 amide bonds. The molecule has 0 aromatic heterocycles. The van der Waals surface area contributed by atoms with Crippen molar-refractivity contribution in [3.05, 3.63) is 0 Å². The van der Waals surface area contributed by atoms with Gasteiger partial charge in [-0.25, -0.2) is 0 Å². The minimum absolute atomic E-state index is 0.401. The van der Waals surface area contributed by atoms with Gasteiger partial charge in [-0.3, -0.25) is 10.2 Å². The molecule has 3 atom stereocenters. The van der Waals surface area contributed by atoms with Crippen LogP contribution in [-0.2, 0) is 0 Å². The molecule has 3 aliphatic heterocycles. The molecule has 3 fully saturated rings. The largest absolute Gasteiger partial charge is 0.317 e. The van der Waals surface area contributed by atoms with E-state index in [-0.39, 0.29) is 0 Å². The number of likely N-dealkylation sites (tertiary alicyclic amines) is 1. The second-order valence-electron chi connectivity index (χ2n) is 8.36. The van der Waals surface area contributed by atoms with Crippen molar-refractivity contribution >= 4 is 0 Å². The number of hydrogen-bond donors (Lipinski definition) is 2. The maximum atomic E-state index is 3.98. The fourth-order valence-electron chi connectivity index (χ4n) is 4.42. The Bertz CT molecular complexity index is 317. The third-order valence-electron chi connectivity index (χ3n) is 5.77. The topological polar surface area (TPSA) is 27.3 Å².